The highest BCUT2D eigenvalue weighted by Crippen LogP contribution is 2.39. The van der Waals surface area contributed by atoms with Gasteiger partial charge in [0.25, 0.3) is 0 Å². The van der Waals surface area contributed by atoms with E-state index in [1.54, 1.807) is 6.07 Å². The van der Waals surface area contributed by atoms with Crippen LogP contribution in [0.4, 0.5) is 4.39 Å². The van der Waals surface area contributed by atoms with Crippen LogP contribution >= 0.6 is 15.9 Å². The first kappa shape index (κ1) is 16.7. The minimum Gasteiger partial charge on any atom is -0.492 e. The van der Waals surface area contributed by atoms with Crippen LogP contribution in [0.2, 0.25) is 18.1 Å². The SMILES string of the molecule is CC(C)(CCCOc1cc(F)ccc1Br)[Si](C)(C)O. The Bertz CT molecular complexity index is 430. The number of rotatable bonds is 6. The first-order valence-corrected chi connectivity index (χ1v) is 10.2. The van der Waals surface area contributed by atoms with E-state index in [1.165, 1.54) is 12.1 Å². The van der Waals surface area contributed by atoms with Gasteiger partial charge < -0.3 is 9.53 Å². The molecule has 0 heterocycles. The molecule has 0 unspecified atom stereocenters. The molecule has 0 saturated carbocycles. The van der Waals surface area contributed by atoms with E-state index in [0.717, 1.165) is 17.3 Å². The molecule has 0 radical (unpaired) electrons. The maximum Gasteiger partial charge on any atom is 0.188 e. The molecule has 108 valence electrons. The number of benzene rings is 1. The van der Waals surface area contributed by atoms with Crippen LogP contribution in [-0.2, 0) is 0 Å². The highest BCUT2D eigenvalue weighted by molar-refractivity contribution is 9.10. The molecule has 1 N–H and O–H groups in total. The number of halogens is 2. The standard InChI is InChI=1S/C14H22BrFO2Si/c1-14(2,19(3,4)17)8-5-9-18-13-10-11(16)6-7-12(13)15/h6-7,10,17H,5,8-9H2,1-4H3. The predicted molar refractivity (Wildman–Crippen MR) is 82.6 cm³/mol. The van der Waals surface area contributed by atoms with Gasteiger partial charge in [0, 0.05) is 6.07 Å². The van der Waals surface area contributed by atoms with Crippen LogP contribution in [0.15, 0.2) is 22.7 Å². The van der Waals surface area contributed by atoms with Crippen LogP contribution < -0.4 is 4.74 Å². The molecule has 0 saturated heterocycles. The fourth-order valence-corrected chi connectivity index (χ4v) is 2.74. The summed E-state index contributed by atoms with van der Waals surface area (Å²) in [5.74, 6) is 0.223. The summed E-state index contributed by atoms with van der Waals surface area (Å²) in [5.41, 5.74) is 0. The highest BCUT2D eigenvalue weighted by Gasteiger charge is 2.37. The quantitative estimate of drug-likeness (QED) is 0.595. The van der Waals surface area contributed by atoms with E-state index in [0.29, 0.717) is 12.4 Å². The topological polar surface area (TPSA) is 29.5 Å². The molecule has 19 heavy (non-hydrogen) atoms. The summed E-state index contributed by atoms with van der Waals surface area (Å²) in [6, 6.07) is 4.40. The monoisotopic (exact) mass is 348 g/mol. The Labute approximate surface area is 124 Å². The lowest BCUT2D eigenvalue weighted by molar-refractivity contribution is 0.291. The van der Waals surface area contributed by atoms with Gasteiger partial charge in [0.2, 0.25) is 0 Å². The van der Waals surface area contributed by atoms with Crippen LogP contribution in [0.25, 0.3) is 0 Å². The van der Waals surface area contributed by atoms with Crippen LogP contribution in [-0.4, -0.2) is 19.7 Å². The summed E-state index contributed by atoms with van der Waals surface area (Å²) in [6.45, 7) is 8.62. The lowest BCUT2D eigenvalue weighted by atomic mass is 10.1. The van der Waals surface area contributed by atoms with E-state index in [1.807, 2.05) is 13.1 Å². The van der Waals surface area contributed by atoms with Crippen LogP contribution in [0.3, 0.4) is 0 Å². The smallest absolute Gasteiger partial charge is 0.188 e. The average Bonchev–Trinajstić information content (AvgIpc) is 2.27. The lowest BCUT2D eigenvalue weighted by Crippen LogP contribution is -2.39. The summed E-state index contributed by atoms with van der Waals surface area (Å²) in [4.78, 5) is 10.2. The Morgan fingerprint density at radius 1 is 1.37 bits per heavy atom. The third-order valence-corrected chi connectivity index (χ3v) is 7.97. The molecule has 5 heteroatoms. The van der Waals surface area contributed by atoms with E-state index in [2.05, 4.69) is 29.8 Å². The fourth-order valence-electron chi connectivity index (χ4n) is 1.59. The van der Waals surface area contributed by atoms with Crippen LogP contribution in [0.5, 0.6) is 5.75 Å². The zero-order valence-corrected chi connectivity index (χ0v) is 14.6. The van der Waals surface area contributed by atoms with Gasteiger partial charge in [-0.25, -0.2) is 4.39 Å². The van der Waals surface area contributed by atoms with Gasteiger partial charge in [-0.05, 0) is 59.0 Å². The Morgan fingerprint density at radius 2 is 2.00 bits per heavy atom. The van der Waals surface area contributed by atoms with Crippen molar-refractivity contribution in [2.75, 3.05) is 6.61 Å². The minimum absolute atomic E-state index is 0.0461. The molecule has 0 aromatic heterocycles. The summed E-state index contributed by atoms with van der Waals surface area (Å²) in [6.07, 6.45) is 1.74. The first-order chi connectivity index (χ1) is 8.63. The summed E-state index contributed by atoms with van der Waals surface area (Å²) >= 11 is 3.33. The molecule has 0 amide bonds. The molecule has 0 aliphatic carbocycles. The number of hydrogen-bond acceptors (Lipinski definition) is 2. The molecule has 1 rings (SSSR count). The van der Waals surface area contributed by atoms with Gasteiger partial charge in [0.05, 0.1) is 11.1 Å². The molecule has 2 nitrogen and oxygen atoms in total. The van der Waals surface area contributed by atoms with Crippen molar-refractivity contribution in [2.45, 2.75) is 44.8 Å². The molecule has 0 spiro atoms. The number of hydrogen-bond donors (Lipinski definition) is 1. The molecule has 0 fully saturated rings. The third-order valence-electron chi connectivity index (χ3n) is 3.75. The van der Waals surface area contributed by atoms with Gasteiger partial charge in [-0.15, -0.1) is 0 Å². The average molecular weight is 349 g/mol. The van der Waals surface area contributed by atoms with E-state index >= 15 is 0 Å². The molecule has 0 atom stereocenters. The van der Waals surface area contributed by atoms with Crippen molar-refractivity contribution in [1.29, 1.82) is 0 Å². The summed E-state index contributed by atoms with van der Waals surface area (Å²) in [5, 5.41) is -0.0461. The van der Waals surface area contributed by atoms with Gasteiger partial charge in [-0.3, -0.25) is 0 Å². The second kappa shape index (κ2) is 6.37. The van der Waals surface area contributed by atoms with Crippen LogP contribution in [0.1, 0.15) is 26.7 Å². The second-order valence-electron chi connectivity index (χ2n) is 5.97. The van der Waals surface area contributed by atoms with Gasteiger partial charge in [-0.2, -0.15) is 0 Å². The lowest BCUT2D eigenvalue weighted by Gasteiger charge is -2.35. The molecule has 1 aromatic rings. The van der Waals surface area contributed by atoms with Gasteiger partial charge in [0.15, 0.2) is 8.32 Å². The maximum atomic E-state index is 13.1. The van der Waals surface area contributed by atoms with E-state index in [4.69, 9.17) is 4.74 Å². The van der Waals surface area contributed by atoms with Crippen molar-refractivity contribution in [3.63, 3.8) is 0 Å². The van der Waals surface area contributed by atoms with Gasteiger partial charge in [0.1, 0.15) is 11.6 Å². The second-order valence-corrected chi connectivity index (χ2v) is 11.3. The van der Waals surface area contributed by atoms with Crippen LogP contribution in [0, 0.1) is 5.82 Å². The zero-order valence-electron chi connectivity index (χ0n) is 12.0. The van der Waals surface area contributed by atoms with Crippen molar-refractivity contribution in [3.05, 3.63) is 28.5 Å². The molecule has 0 aliphatic rings. The number of ether oxygens (including phenoxy) is 1. The largest absolute Gasteiger partial charge is 0.492 e. The van der Waals surface area contributed by atoms with Crippen molar-refractivity contribution in [3.8, 4) is 5.75 Å². The van der Waals surface area contributed by atoms with Crippen molar-refractivity contribution in [1.82, 2.24) is 0 Å². The van der Waals surface area contributed by atoms with Crippen molar-refractivity contribution in [2.24, 2.45) is 0 Å². The molecule has 1 aromatic carbocycles. The molecular weight excluding hydrogens is 327 g/mol. The summed E-state index contributed by atoms with van der Waals surface area (Å²) < 4.78 is 19.4. The van der Waals surface area contributed by atoms with E-state index in [9.17, 15) is 9.19 Å². The predicted octanol–water partition coefficient (Wildman–Crippen LogP) is 4.72. The Morgan fingerprint density at radius 3 is 2.58 bits per heavy atom. The third kappa shape index (κ3) is 4.89. The van der Waals surface area contributed by atoms with Gasteiger partial charge in [-0.1, -0.05) is 13.8 Å². The highest BCUT2D eigenvalue weighted by atomic mass is 79.9. The minimum atomic E-state index is -2.16. The van der Waals surface area contributed by atoms with Crippen molar-refractivity contribution < 1.29 is 13.9 Å². The van der Waals surface area contributed by atoms with E-state index < -0.39 is 8.32 Å². The first-order valence-electron chi connectivity index (χ1n) is 6.44. The zero-order chi connectivity index (χ0) is 14.7. The van der Waals surface area contributed by atoms with Crippen molar-refractivity contribution >= 4 is 24.2 Å². The molecule has 0 bridgehead atoms. The normalized spacial score (nSPS) is 12.6. The van der Waals surface area contributed by atoms with E-state index in [-0.39, 0.29) is 10.9 Å². The Hall–Kier alpha value is -0.393. The van der Waals surface area contributed by atoms with Gasteiger partial charge >= 0.3 is 0 Å². The Kier molecular flexibility index (Phi) is 5.59. The summed E-state index contributed by atoms with van der Waals surface area (Å²) in [7, 11) is -2.16. The fraction of sp³-hybridized carbons (Fsp3) is 0.571. The molecule has 0 aliphatic heterocycles. The Balaban J connectivity index is 2.45. The molecular formula is C14H22BrFO2Si. The maximum absolute atomic E-state index is 13.1.